The van der Waals surface area contributed by atoms with Gasteiger partial charge in [-0.15, -0.1) is 0 Å². The van der Waals surface area contributed by atoms with Crippen LogP contribution in [0, 0.1) is 13.8 Å². The van der Waals surface area contributed by atoms with Gasteiger partial charge in [-0.1, -0.05) is 6.07 Å². The second-order valence-electron chi connectivity index (χ2n) is 4.01. The Hall–Kier alpha value is -1.85. The van der Waals surface area contributed by atoms with Gasteiger partial charge in [0, 0.05) is 5.56 Å². The van der Waals surface area contributed by atoms with E-state index in [-0.39, 0.29) is 11.3 Å². The molecule has 6 heteroatoms. The number of rotatable bonds is 2. The van der Waals surface area contributed by atoms with Gasteiger partial charge in [0.25, 0.3) is 0 Å². The molecule has 1 rings (SSSR count). The quantitative estimate of drug-likeness (QED) is 0.830. The van der Waals surface area contributed by atoms with E-state index in [1.54, 1.807) is 18.3 Å². The number of hydrogen-bond donors (Lipinski definition) is 1. The normalized spacial score (nSPS) is 11.2. The molecule has 18 heavy (non-hydrogen) atoms. The number of hydrogen-bond acceptors (Lipinski definition) is 2. The maximum Gasteiger partial charge on any atom is 0.471 e. The van der Waals surface area contributed by atoms with Gasteiger partial charge in [0.15, 0.2) is 5.78 Å². The van der Waals surface area contributed by atoms with E-state index >= 15 is 0 Å². The molecule has 1 aromatic carbocycles. The molecule has 0 atom stereocenters. The SMILES string of the molecule is CC(=O)c1cc(C)cc(C)c1NC(=O)C(F)(F)F. The molecule has 0 fully saturated rings. The van der Waals surface area contributed by atoms with E-state index in [2.05, 4.69) is 0 Å². The van der Waals surface area contributed by atoms with Gasteiger partial charge in [0.05, 0.1) is 5.69 Å². The molecule has 0 bridgehead atoms. The zero-order valence-electron chi connectivity index (χ0n) is 10.1. The van der Waals surface area contributed by atoms with Crippen molar-refractivity contribution in [3.8, 4) is 0 Å². The molecular formula is C12H12F3NO2. The van der Waals surface area contributed by atoms with Gasteiger partial charge < -0.3 is 5.32 Å². The van der Waals surface area contributed by atoms with Gasteiger partial charge >= 0.3 is 12.1 Å². The molecule has 0 aliphatic rings. The van der Waals surface area contributed by atoms with E-state index in [0.29, 0.717) is 5.56 Å². The highest BCUT2D eigenvalue weighted by molar-refractivity contribution is 6.05. The van der Waals surface area contributed by atoms with Crippen LogP contribution in [0.2, 0.25) is 0 Å². The number of carbonyl (C=O) groups is 2. The maximum absolute atomic E-state index is 12.2. The fourth-order valence-electron chi connectivity index (χ4n) is 1.60. The zero-order chi connectivity index (χ0) is 14.1. The lowest BCUT2D eigenvalue weighted by Crippen LogP contribution is -2.31. The standard InChI is InChI=1S/C12H12F3NO2/c1-6-4-7(2)10(9(5-6)8(3)17)16-11(18)12(13,14)15/h4-5H,1-3H3,(H,16,18). The molecule has 0 aliphatic heterocycles. The molecule has 0 aromatic heterocycles. The van der Waals surface area contributed by atoms with Gasteiger partial charge in [0.1, 0.15) is 0 Å². The van der Waals surface area contributed by atoms with Crippen LogP contribution in [0.5, 0.6) is 0 Å². The Morgan fingerprint density at radius 2 is 1.72 bits per heavy atom. The van der Waals surface area contributed by atoms with Gasteiger partial charge in [-0.3, -0.25) is 9.59 Å². The van der Waals surface area contributed by atoms with Crippen molar-refractivity contribution < 1.29 is 22.8 Å². The highest BCUT2D eigenvalue weighted by Crippen LogP contribution is 2.26. The second-order valence-corrected chi connectivity index (χ2v) is 4.01. The summed E-state index contributed by atoms with van der Waals surface area (Å²) >= 11 is 0. The summed E-state index contributed by atoms with van der Waals surface area (Å²) in [7, 11) is 0. The Balaban J connectivity index is 3.24. The van der Waals surface area contributed by atoms with Crippen molar-refractivity contribution in [2.75, 3.05) is 5.32 Å². The fourth-order valence-corrected chi connectivity index (χ4v) is 1.60. The summed E-state index contributed by atoms with van der Waals surface area (Å²) in [5.41, 5.74) is 1.14. The van der Waals surface area contributed by atoms with E-state index in [1.165, 1.54) is 19.9 Å². The largest absolute Gasteiger partial charge is 0.471 e. The molecule has 1 N–H and O–H groups in total. The van der Waals surface area contributed by atoms with E-state index in [1.807, 2.05) is 0 Å². The smallest absolute Gasteiger partial charge is 0.317 e. The first-order valence-electron chi connectivity index (χ1n) is 5.13. The molecule has 0 saturated heterocycles. The summed E-state index contributed by atoms with van der Waals surface area (Å²) in [6.07, 6.45) is -4.98. The molecule has 0 aliphatic carbocycles. The van der Waals surface area contributed by atoms with E-state index in [4.69, 9.17) is 0 Å². The molecule has 0 saturated carbocycles. The number of amides is 1. The average Bonchev–Trinajstić information content (AvgIpc) is 2.19. The number of alkyl halides is 3. The summed E-state index contributed by atoms with van der Waals surface area (Å²) in [6, 6.07) is 3.04. The number of carbonyl (C=O) groups excluding carboxylic acids is 2. The molecule has 0 radical (unpaired) electrons. The number of Topliss-reactive ketones (excluding diaryl/α,β-unsaturated/α-hetero) is 1. The highest BCUT2D eigenvalue weighted by Gasteiger charge is 2.39. The molecule has 0 spiro atoms. The third-order valence-corrected chi connectivity index (χ3v) is 2.36. The summed E-state index contributed by atoms with van der Waals surface area (Å²) < 4.78 is 36.5. The molecule has 0 unspecified atom stereocenters. The Kier molecular flexibility index (Phi) is 3.79. The van der Waals surface area contributed by atoms with Crippen molar-refractivity contribution in [3.05, 3.63) is 28.8 Å². The van der Waals surface area contributed by atoms with Crippen LogP contribution in [0.4, 0.5) is 18.9 Å². The van der Waals surface area contributed by atoms with Crippen LogP contribution >= 0.6 is 0 Å². The molecule has 0 heterocycles. The zero-order valence-corrected chi connectivity index (χ0v) is 10.1. The van der Waals surface area contributed by atoms with Crippen LogP contribution in [0.3, 0.4) is 0 Å². The van der Waals surface area contributed by atoms with Crippen molar-refractivity contribution >= 4 is 17.4 Å². The van der Waals surface area contributed by atoms with Crippen molar-refractivity contribution in [2.24, 2.45) is 0 Å². The number of benzene rings is 1. The lowest BCUT2D eigenvalue weighted by atomic mass is 10.0. The predicted octanol–water partition coefficient (Wildman–Crippen LogP) is 3.01. The lowest BCUT2D eigenvalue weighted by Gasteiger charge is -2.14. The Morgan fingerprint density at radius 3 is 2.17 bits per heavy atom. The number of halogens is 3. The Labute approximate surface area is 102 Å². The van der Waals surface area contributed by atoms with Gasteiger partial charge in [0.2, 0.25) is 0 Å². The van der Waals surface area contributed by atoms with Crippen molar-refractivity contribution in [3.63, 3.8) is 0 Å². The summed E-state index contributed by atoms with van der Waals surface area (Å²) in [5.74, 6) is -2.49. The summed E-state index contributed by atoms with van der Waals surface area (Å²) in [4.78, 5) is 22.3. The topological polar surface area (TPSA) is 46.2 Å². The molecule has 1 aromatic rings. The van der Waals surface area contributed by atoms with Crippen LogP contribution in [0.25, 0.3) is 0 Å². The van der Waals surface area contributed by atoms with Crippen LogP contribution in [0.1, 0.15) is 28.4 Å². The van der Waals surface area contributed by atoms with Gasteiger partial charge in [-0.2, -0.15) is 13.2 Å². The number of anilines is 1. The minimum Gasteiger partial charge on any atom is -0.317 e. The Morgan fingerprint density at radius 1 is 1.17 bits per heavy atom. The van der Waals surface area contributed by atoms with Crippen molar-refractivity contribution in [1.29, 1.82) is 0 Å². The highest BCUT2D eigenvalue weighted by atomic mass is 19.4. The van der Waals surface area contributed by atoms with Gasteiger partial charge in [-0.25, -0.2) is 0 Å². The first-order valence-corrected chi connectivity index (χ1v) is 5.13. The van der Waals surface area contributed by atoms with Crippen LogP contribution in [0.15, 0.2) is 12.1 Å². The maximum atomic E-state index is 12.2. The Bertz CT molecular complexity index is 507. The first kappa shape index (κ1) is 14.2. The second kappa shape index (κ2) is 4.80. The molecule has 1 amide bonds. The third-order valence-electron chi connectivity index (χ3n) is 2.36. The van der Waals surface area contributed by atoms with Crippen molar-refractivity contribution in [2.45, 2.75) is 26.9 Å². The number of aryl methyl sites for hydroxylation is 2. The van der Waals surface area contributed by atoms with E-state index in [0.717, 1.165) is 5.56 Å². The fraction of sp³-hybridized carbons (Fsp3) is 0.333. The monoisotopic (exact) mass is 259 g/mol. The lowest BCUT2D eigenvalue weighted by molar-refractivity contribution is -0.167. The molecule has 98 valence electrons. The average molecular weight is 259 g/mol. The van der Waals surface area contributed by atoms with Crippen LogP contribution < -0.4 is 5.32 Å². The van der Waals surface area contributed by atoms with Crippen LogP contribution in [-0.2, 0) is 4.79 Å². The number of nitrogens with one attached hydrogen (secondary N) is 1. The predicted molar refractivity (Wildman–Crippen MR) is 60.6 cm³/mol. The minimum atomic E-state index is -4.98. The van der Waals surface area contributed by atoms with Crippen LogP contribution in [-0.4, -0.2) is 17.9 Å². The van der Waals surface area contributed by atoms with Gasteiger partial charge in [-0.05, 0) is 38.0 Å². The molecule has 3 nitrogen and oxygen atoms in total. The third kappa shape index (κ3) is 3.09. The first-order chi connectivity index (χ1) is 8.12. The van der Waals surface area contributed by atoms with E-state index < -0.39 is 17.9 Å². The van der Waals surface area contributed by atoms with Crippen molar-refractivity contribution in [1.82, 2.24) is 0 Å². The number of ketones is 1. The summed E-state index contributed by atoms with van der Waals surface area (Å²) in [5, 5.41) is 1.74. The molecular weight excluding hydrogens is 247 g/mol. The summed E-state index contributed by atoms with van der Waals surface area (Å²) in [6.45, 7) is 4.48. The van der Waals surface area contributed by atoms with E-state index in [9.17, 15) is 22.8 Å². The minimum absolute atomic E-state index is 0.0742.